The number of amides is 1. The van der Waals surface area contributed by atoms with Crippen LogP contribution in [0.3, 0.4) is 0 Å². The topological polar surface area (TPSA) is 555 Å². The van der Waals surface area contributed by atoms with Crippen LogP contribution < -0.4 is 78.9 Å². The molecule has 10 aromatic carbocycles. The van der Waals surface area contributed by atoms with Crippen molar-refractivity contribution < 1.29 is 44.1 Å². The van der Waals surface area contributed by atoms with Gasteiger partial charge in [0.2, 0.25) is 5.91 Å². The Morgan fingerprint density at radius 1 is 0.400 bits per heavy atom. The van der Waals surface area contributed by atoms with Crippen molar-refractivity contribution in [2.75, 3.05) is 74.1 Å². The molecule has 0 aromatic heterocycles. The predicted octanol–water partition coefficient (Wildman–Crippen LogP) is 12.0. The number of non-ortho nitro benzene ring substituents is 1. The van der Waals surface area contributed by atoms with E-state index in [-0.39, 0.29) is 17.2 Å². The van der Waals surface area contributed by atoms with E-state index in [4.69, 9.17) is 79.0 Å². The number of para-hydroxylation sites is 5. The molecule has 496 valence electrons. The summed E-state index contributed by atoms with van der Waals surface area (Å²) in [5, 5.41) is 51.6. The number of phenolic OH excluding ortho intramolecular Hbond substituents is 1. The van der Waals surface area contributed by atoms with Gasteiger partial charge in [-0.05, 0) is 158 Å². The van der Waals surface area contributed by atoms with Crippen LogP contribution in [-0.2, 0) is 9.59 Å². The van der Waals surface area contributed by atoms with E-state index in [9.17, 15) is 44.7 Å². The number of carboxylic acid groups (broad SMARTS) is 1. The molecule has 0 aliphatic heterocycles. The maximum absolute atomic E-state index is 10.6. The minimum atomic E-state index is -1.21. The van der Waals surface area contributed by atoms with Gasteiger partial charge in [-0.25, -0.2) is 4.79 Å². The third kappa shape index (κ3) is 33.9. The number of phenols is 1. The fourth-order valence-corrected chi connectivity index (χ4v) is 8.38. The Morgan fingerprint density at radius 2 is 0.726 bits per heavy atom. The number of esters is 1. The number of nitrogens with two attached hydrogens (primary N) is 12. The summed E-state index contributed by atoms with van der Waals surface area (Å²) in [6.45, 7) is 2.71. The number of anilines is 13. The largest absolute Gasteiger partial charge is 0.497 e. The number of ether oxygens (including phenoxy) is 1. The van der Waals surface area contributed by atoms with Crippen LogP contribution in [0.15, 0.2) is 246 Å². The molecule has 0 heterocycles. The van der Waals surface area contributed by atoms with Gasteiger partial charge in [-0.3, -0.25) is 39.9 Å². The molecular weight excluding hydrogens is 1260 g/mol. The average Bonchev–Trinajstić information content (AvgIpc) is 0.821. The van der Waals surface area contributed by atoms with Crippen LogP contribution in [0.2, 0.25) is 0 Å². The van der Waals surface area contributed by atoms with Gasteiger partial charge in [-0.2, -0.15) is 0 Å². The highest BCUT2D eigenvalue weighted by molar-refractivity contribution is 8.76. The Morgan fingerprint density at radius 3 is 1.03 bits per heavy atom. The van der Waals surface area contributed by atoms with Gasteiger partial charge in [0.1, 0.15) is 11.3 Å². The molecule has 10 rings (SSSR count). The zero-order valence-corrected chi connectivity index (χ0v) is 52.7. The Bertz CT molecular complexity index is 3850. The third-order valence-corrected chi connectivity index (χ3v) is 13.2. The van der Waals surface area contributed by atoms with Crippen LogP contribution in [0.25, 0.3) is 0 Å². The van der Waals surface area contributed by atoms with Crippen LogP contribution in [-0.4, -0.2) is 42.8 Å². The number of carbonyl (C=O) groups is 3. The van der Waals surface area contributed by atoms with Crippen molar-refractivity contribution in [2.24, 2.45) is 0 Å². The first-order valence-corrected chi connectivity index (χ1v) is 29.3. The van der Waals surface area contributed by atoms with Crippen molar-refractivity contribution in [3.8, 4) is 11.5 Å². The van der Waals surface area contributed by atoms with E-state index < -0.39 is 49.5 Å². The number of nitrogen functional groups attached to an aromatic ring is 12. The molecule has 0 atom stereocenters. The van der Waals surface area contributed by atoms with Crippen LogP contribution in [0.5, 0.6) is 11.5 Å². The van der Waals surface area contributed by atoms with Crippen molar-refractivity contribution in [3.05, 3.63) is 272 Å². The molecule has 0 unspecified atom stereocenters. The fraction of sp³-hybridized carbons (Fsp3) is 0.0308. The molecule has 0 radical (unpaired) electrons. The number of benzene rings is 10. The quantitative estimate of drug-likeness (QED) is 0.0159. The number of nitro groups is 3. The number of nitrogens with one attached hydrogen (secondary N) is 1. The van der Waals surface area contributed by atoms with Gasteiger partial charge >= 0.3 is 23.3 Å². The molecule has 0 aliphatic carbocycles. The van der Waals surface area contributed by atoms with Gasteiger partial charge in [0.15, 0.2) is 0 Å². The Balaban J connectivity index is 0.000000369. The fourth-order valence-electron chi connectivity index (χ4n) is 6.45. The molecular formula is C65H72N16O12S2. The Kier molecular flexibility index (Phi) is 34.5. The number of carboxylic acids is 1. The van der Waals surface area contributed by atoms with Crippen molar-refractivity contribution >= 4 is 130 Å². The number of aromatic carboxylic acids is 1. The van der Waals surface area contributed by atoms with E-state index in [0.717, 1.165) is 34.1 Å². The molecule has 27 N–H and O–H groups in total. The first-order chi connectivity index (χ1) is 44.9. The molecule has 0 spiro atoms. The summed E-state index contributed by atoms with van der Waals surface area (Å²) in [7, 11) is 3.42. The molecule has 0 aliphatic rings. The number of carbonyl (C=O) groups excluding carboxylic acids is 2. The van der Waals surface area contributed by atoms with Gasteiger partial charge in [-0.15, -0.1) is 0 Å². The highest BCUT2D eigenvalue weighted by atomic mass is 33.1. The number of rotatable bonds is 9. The van der Waals surface area contributed by atoms with E-state index in [2.05, 4.69) is 10.1 Å². The minimum Gasteiger partial charge on any atom is -0.497 e. The Labute approximate surface area is 553 Å². The Hall–Kier alpha value is -13.1. The van der Waals surface area contributed by atoms with Gasteiger partial charge in [0, 0.05) is 86.2 Å². The van der Waals surface area contributed by atoms with Crippen LogP contribution in [0.1, 0.15) is 24.2 Å². The molecule has 1 amide bonds. The van der Waals surface area contributed by atoms with Crippen molar-refractivity contribution in [2.45, 2.75) is 23.6 Å². The molecule has 95 heavy (non-hydrogen) atoms. The van der Waals surface area contributed by atoms with Crippen molar-refractivity contribution in [1.82, 2.24) is 0 Å². The van der Waals surface area contributed by atoms with Crippen molar-refractivity contribution in [1.29, 1.82) is 0 Å². The van der Waals surface area contributed by atoms with Crippen molar-refractivity contribution in [3.63, 3.8) is 0 Å². The zero-order valence-electron chi connectivity index (χ0n) is 51.1. The zero-order chi connectivity index (χ0) is 71.0. The molecule has 0 saturated carbocycles. The van der Waals surface area contributed by atoms with E-state index in [1.54, 1.807) is 107 Å². The predicted molar refractivity (Wildman–Crippen MR) is 383 cm³/mol. The molecule has 28 nitrogen and oxygen atoms in total. The van der Waals surface area contributed by atoms with Crippen LogP contribution >= 0.6 is 21.6 Å². The first-order valence-electron chi connectivity index (χ1n) is 27.2. The monoisotopic (exact) mass is 1330 g/mol. The standard InChI is InChI=1S/C12H12N2S2.C9H8O4.C8H9NO.C6H3N3O7.C6H9N3.3C6H8N2.C6H7N/c13-9-1-5-11(6-2-9)15-16-12-7-3-10(14)4-8-12;1-6(10)13-8-5-3-2-4-7(8)9(11)12;1-7(10)9-8-5-3-2-4-6-8;10-6-4(8(13)14)1-3(7(11)12)2-5(6)9(15)16;7-4-1-5(8)3-6(9)2-4;7-5-1-2-6(8)4-3-5;7-5-2-1-3-6(8)4-5;7-5-3-1-2-4-6(5)8;7-6-4-2-1-3-5-6/h1-8H,13-14H2;2-5H,1H3,(H,11,12);2-6H,1H3,(H,9,10);1-2,10H;1-3H,7-9H2;3*1-4H,7-8H2;1-5H,7H2. The molecule has 30 heteroatoms. The summed E-state index contributed by atoms with van der Waals surface area (Å²) in [6, 6.07) is 67.9. The van der Waals surface area contributed by atoms with Gasteiger partial charge < -0.3 is 89.1 Å². The summed E-state index contributed by atoms with van der Waals surface area (Å²) in [5.41, 5.74) is 71.3. The maximum atomic E-state index is 10.6. The molecule has 0 fully saturated rings. The molecule has 10 aromatic rings. The maximum Gasteiger partial charge on any atom is 0.339 e. The SMILES string of the molecule is CC(=O)Nc1ccccc1.CC(=O)Oc1ccccc1C(=O)O.Nc1cc(N)cc(N)c1.Nc1ccc(N)cc1.Nc1ccc(SSc2ccc(N)cc2)cc1.Nc1cccc(N)c1.Nc1ccccc1.Nc1ccccc1N.O=[N+]([O-])c1cc([N+](=O)[O-])c(O)c([N+](=O)[O-])c1. The number of aromatic hydroxyl groups is 1. The molecule has 0 bridgehead atoms. The summed E-state index contributed by atoms with van der Waals surface area (Å²) < 4.78 is 4.69. The smallest absolute Gasteiger partial charge is 0.339 e. The summed E-state index contributed by atoms with van der Waals surface area (Å²) >= 11 is 0. The van der Waals surface area contributed by atoms with Crippen LogP contribution in [0.4, 0.5) is 91.0 Å². The lowest BCUT2D eigenvalue weighted by Gasteiger charge is -2.03. The summed E-state index contributed by atoms with van der Waals surface area (Å²) in [5.74, 6) is -2.82. The normalized spacial score (nSPS) is 9.37. The second-order valence-corrected chi connectivity index (χ2v) is 20.9. The summed E-state index contributed by atoms with van der Waals surface area (Å²) in [6.07, 6.45) is 0. The lowest BCUT2D eigenvalue weighted by Crippen LogP contribution is -2.06. The number of nitro benzene ring substituents is 3. The van der Waals surface area contributed by atoms with Gasteiger partial charge in [-0.1, -0.05) is 88.3 Å². The van der Waals surface area contributed by atoms with E-state index in [1.807, 2.05) is 127 Å². The van der Waals surface area contributed by atoms with E-state index in [1.165, 1.54) is 35.8 Å². The molecule has 0 saturated heterocycles. The highest BCUT2D eigenvalue weighted by Gasteiger charge is 2.30. The number of nitrogens with zero attached hydrogens (tertiary/aromatic N) is 3. The van der Waals surface area contributed by atoms with Gasteiger partial charge in [0.25, 0.3) is 11.4 Å². The first kappa shape index (κ1) is 78.0. The lowest BCUT2D eigenvalue weighted by atomic mass is 10.2. The minimum absolute atomic E-state index is 0.0160. The van der Waals surface area contributed by atoms with Crippen LogP contribution in [0, 0.1) is 30.3 Å². The van der Waals surface area contributed by atoms with Gasteiger partial charge in [0.05, 0.1) is 38.3 Å². The lowest BCUT2D eigenvalue weighted by molar-refractivity contribution is -0.404. The number of hydrogen-bond acceptors (Lipinski definition) is 25. The third-order valence-electron chi connectivity index (χ3n) is 10.8. The summed E-state index contributed by atoms with van der Waals surface area (Å²) in [4.78, 5) is 61.8. The highest BCUT2D eigenvalue weighted by Crippen LogP contribution is 2.39. The number of hydrogen-bond donors (Lipinski definition) is 15. The van der Waals surface area contributed by atoms with E-state index in [0.29, 0.717) is 51.9 Å². The second-order valence-electron chi connectivity index (χ2n) is 18.7. The second kappa shape index (κ2) is 42.0. The average molecular weight is 1330 g/mol. The van der Waals surface area contributed by atoms with E-state index >= 15 is 0 Å².